The molecule has 0 saturated heterocycles. The van der Waals surface area contributed by atoms with Crippen LogP contribution in [0.2, 0.25) is 0 Å². The van der Waals surface area contributed by atoms with Gasteiger partial charge < -0.3 is 15.0 Å². The molecule has 1 N–H and O–H groups in total. The molecular formula is C17H28N2O. The summed E-state index contributed by atoms with van der Waals surface area (Å²) in [5.74, 6) is 1.03. The van der Waals surface area contributed by atoms with E-state index in [0.29, 0.717) is 12.1 Å². The highest BCUT2D eigenvalue weighted by molar-refractivity contribution is 5.38. The Balaban J connectivity index is 2.07. The van der Waals surface area contributed by atoms with Crippen LogP contribution >= 0.6 is 0 Å². The van der Waals surface area contributed by atoms with Gasteiger partial charge in [-0.25, -0.2) is 0 Å². The molecule has 1 aliphatic heterocycles. The van der Waals surface area contributed by atoms with Crippen LogP contribution in [0, 0.1) is 0 Å². The Morgan fingerprint density at radius 3 is 2.75 bits per heavy atom. The summed E-state index contributed by atoms with van der Waals surface area (Å²) in [6, 6.07) is 9.29. The van der Waals surface area contributed by atoms with Gasteiger partial charge in [0, 0.05) is 24.1 Å². The first-order chi connectivity index (χ1) is 9.37. The average molecular weight is 276 g/mol. The number of benzene rings is 1. The fourth-order valence-electron chi connectivity index (χ4n) is 2.83. The maximum absolute atomic E-state index is 6.08. The molecule has 1 aromatic carbocycles. The van der Waals surface area contributed by atoms with E-state index in [1.54, 1.807) is 0 Å². The number of hydrogen-bond acceptors (Lipinski definition) is 3. The van der Waals surface area contributed by atoms with Crippen molar-refractivity contribution in [1.82, 2.24) is 10.2 Å². The molecule has 3 nitrogen and oxygen atoms in total. The van der Waals surface area contributed by atoms with Crippen molar-refractivity contribution in [2.45, 2.75) is 51.3 Å². The van der Waals surface area contributed by atoms with Crippen LogP contribution in [0.15, 0.2) is 24.3 Å². The van der Waals surface area contributed by atoms with Gasteiger partial charge in [0.15, 0.2) is 0 Å². The molecule has 0 radical (unpaired) electrons. The Bertz CT molecular complexity index is 442. The van der Waals surface area contributed by atoms with Crippen LogP contribution in [-0.2, 0) is 0 Å². The summed E-state index contributed by atoms with van der Waals surface area (Å²) in [7, 11) is 4.25. The van der Waals surface area contributed by atoms with Gasteiger partial charge in [-0.2, -0.15) is 0 Å². The smallest absolute Gasteiger partial charge is 0.124 e. The first kappa shape index (κ1) is 15.3. The Morgan fingerprint density at radius 2 is 2.05 bits per heavy atom. The van der Waals surface area contributed by atoms with Crippen molar-refractivity contribution >= 4 is 0 Å². The third-order valence-electron chi connectivity index (χ3n) is 3.87. The number of para-hydroxylation sites is 1. The third-order valence-corrected chi connectivity index (χ3v) is 3.87. The van der Waals surface area contributed by atoms with Gasteiger partial charge in [-0.3, -0.25) is 0 Å². The van der Waals surface area contributed by atoms with E-state index in [0.717, 1.165) is 25.1 Å². The third kappa shape index (κ3) is 3.97. The summed E-state index contributed by atoms with van der Waals surface area (Å²) in [4.78, 5) is 2.24. The van der Waals surface area contributed by atoms with E-state index >= 15 is 0 Å². The quantitative estimate of drug-likeness (QED) is 0.893. The van der Waals surface area contributed by atoms with Gasteiger partial charge in [-0.15, -0.1) is 0 Å². The lowest BCUT2D eigenvalue weighted by molar-refractivity contribution is 0.0636. The maximum atomic E-state index is 6.08. The fraction of sp³-hybridized carbons (Fsp3) is 0.647. The molecule has 0 fully saturated rings. The number of fused-ring (bicyclic) bond motifs is 1. The number of hydrogen-bond donors (Lipinski definition) is 1. The van der Waals surface area contributed by atoms with Gasteiger partial charge in [0.1, 0.15) is 11.4 Å². The lowest BCUT2D eigenvalue weighted by Crippen LogP contribution is -2.42. The van der Waals surface area contributed by atoms with Crippen LogP contribution < -0.4 is 10.1 Å². The standard InChI is InChI=1S/C17H28N2O/c1-13(10-11-19(4)5)18-15-12-17(2,3)20-16-9-7-6-8-14(15)16/h6-9,13,15,18H,10-12H2,1-5H3. The van der Waals surface area contributed by atoms with Crippen molar-refractivity contribution < 1.29 is 4.74 Å². The summed E-state index contributed by atoms with van der Waals surface area (Å²) in [5, 5.41) is 3.78. The molecular weight excluding hydrogens is 248 g/mol. The molecule has 2 atom stereocenters. The van der Waals surface area contributed by atoms with Gasteiger partial charge >= 0.3 is 0 Å². The van der Waals surface area contributed by atoms with Crippen LogP contribution in [0.4, 0.5) is 0 Å². The SMILES string of the molecule is CC(CCN(C)C)NC1CC(C)(C)Oc2ccccc21. The van der Waals surface area contributed by atoms with Gasteiger partial charge in [0.25, 0.3) is 0 Å². The average Bonchev–Trinajstić information content (AvgIpc) is 2.35. The Hall–Kier alpha value is -1.06. The molecule has 0 spiro atoms. The van der Waals surface area contributed by atoms with Gasteiger partial charge in [-0.05, 0) is 53.9 Å². The van der Waals surface area contributed by atoms with Crippen molar-refractivity contribution in [3.63, 3.8) is 0 Å². The lowest BCUT2D eigenvalue weighted by atomic mass is 9.89. The van der Waals surface area contributed by atoms with Crippen molar-refractivity contribution in [3.8, 4) is 5.75 Å². The zero-order valence-electron chi connectivity index (χ0n) is 13.4. The Morgan fingerprint density at radius 1 is 1.35 bits per heavy atom. The second-order valence-electron chi connectivity index (χ2n) is 6.82. The molecule has 0 saturated carbocycles. The molecule has 2 unspecified atom stereocenters. The first-order valence-corrected chi connectivity index (χ1v) is 7.56. The highest BCUT2D eigenvalue weighted by Gasteiger charge is 2.33. The molecule has 112 valence electrons. The van der Waals surface area contributed by atoms with Crippen LogP contribution in [0.1, 0.15) is 45.2 Å². The predicted molar refractivity (Wildman–Crippen MR) is 84.3 cm³/mol. The molecule has 1 aromatic rings. The van der Waals surface area contributed by atoms with E-state index in [1.807, 2.05) is 6.07 Å². The molecule has 20 heavy (non-hydrogen) atoms. The second kappa shape index (κ2) is 6.15. The van der Waals surface area contributed by atoms with Crippen LogP contribution in [0.3, 0.4) is 0 Å². The molecule has 0 bridgehead atoms. The Kier molecular flexibility index (Phi) is 4.71. The molecule has 1 aliphatic rings. The molecule has 2 rings (SSSR count). The minimum Gasteiger partial charge on any atom is -0.487 e. The van der Waals surface area contributed by atoms with Crippen molar-refractivity contribution in [2.75, 3.05) is 20.6 Å². The Labute approximate surface area is 123 Å². The summed E-state index contributed by atoms with van der Waals surface area (Å²) in [5.41, 5.74) is 1.19. The van der Waals surface area contributed by atoms with E-state index in [4.69, 9.17) is 4.74 Å². The van der Waals surface area contributed by atoms with Gasteiger partial charge in [-0.1, -0.05) is 18.2 Å². The number of rotatable bonds is 5. The zero-order valence-corrected chi connectivity index (χ0v) is 13.4. The number of ether oxygens (including phenoxy) is 1. The first-order valence-electron chi connectivity index (χ1n) is 7.56. The molecule has 0 aromatic heterocycles. The minimum atomic E-state index is -0.104. The monoisotopic (exact) mass is 276 g/mol. The largest absolute Gasteiger partial charge is 0.487 e. The number of nitrogens with one attached hydrogen (secondary N) is 1. The second-order valence-corrected chi connectivity index (χ2v) is 6.82. The predicted octanol–water partition coefficient (Wildman–Crippen LogP) is 3.22. The number of nitrogens with zero attached hydrogens (tertiary/aromatic N) is 1. The summed E-state index contributed by atoms with van der Waals surface area (Å²) in [6.45, 7) is 7.72. The molecule has 0 amide bonds. The van der Waals surface area contributed by atoms with Crippen molar-refractivity contribution in [2.24, 2.45) is 0 Å². The van der Waals surface area contributed by atoms with E-state index in [-0.39, 0.29) is 5.60 Å². The van der Waals surface area contributed by atoms with Crippen molar-refractivity contribution in [3.05, 3.63) is 29.8 Å². The highest BCUT2D eigenvalue weighted by atomic mass is 16.5. The van der Waals surface area contributed by atoms with Crippen LogP contribution in [0.25, 0.3) is 0 Å². The summed E-state index contributed by atoms with van der Waals surface area (Å²) in [6.07, 6.45) is 2.17. The van der Waals surface area contributed by atoms with E-state index in [9.17, 15) is 0 Å². The molecule has 1 heterocycles. The maximum Gasteiger partial charge on any atom is 0.124 e. The van der Waals surface area contributed by atoms with E-state index in [1.165, 1.54) is 5.56 Å². The van der Waals surface area contributed by atoms with E-state index in [2.05, 4.69) is 63.3 Å². The van der Waals surface area contributed by atoms with Gasteiger partial charge in [0.2, 0.25) is 0 Å². The molecule has 0 aliphatic carbocycles. The zero-order chi connectivity index (χ0) is 14.8. The van der Waals surface area contributed by atoms with Crippen molar-refractivity contribution in [1.29, 1.82) is 0 Å². The molecule has 3 heteroatoms. The summed E-state index contributed by atoms with van der Waals surface area (Å²) < 4.78 is 6.08. The summed E-state index contributed by atoms with van der Waals surface area (Å²) >= 11 is 0. The van der Waals surface area contributed by atoms with Crippen LogP contribution in [0.5, 0.6) is 5.75 Å². The minimum absolute atomic E-state index is 0.104. The fourth-order valence-corrected chi connectivity index (χ4v) is 2.83. The topological polar surface area (TPSA) is 24.5 Å². The lowest BCUT2D eigenvalue weighted by Gasteiger charge is -2.39. The highest BCUT2D eigenvalue weighted by Crippen LogP contribution is 2.39. The van der Waals surface area contributed by atoms with E-state index < -0.39 is 0 Å². The normalized spacial score (nSPS) is 22.2. The van der Waals surface area contributed by atoms with Gasteiger partial charge in [0.05, 0.1) is 0 Å². The van der Waals surface area contributed by atoms with Crippen LogP contribution in [-0.4, -0.2) is 37.2 Å².